The Hall–Kier alpha value is -3.17. The van der Waals surface area contributed by atoms with Crippen molar-refractivity contribution in [1.29, 1.82) is 0 Å². The molecule has 3 aromatic heterocycles. The Morgan fingerprint density at radius 2 is 2.25 bits per heavy atom. The van der Waals surface area contributed by atoms with Crippen LogP contribution in [0.25, 0.3) is 5.65 Å². The van der Waals surface area contributed by atoms with Gasteiger partial charge in [-0.1, -0.05) is 0 Å². The number of rotatable bonds is 3. The predicted molar refractivity (Wildman–Crippen MR) is 84.2 cm³/mol. The van der Waals surface area contributed by atoms with Gasteiger partial charge in [-0.15, -0.1) is 0 Å². The van der Waals surface area contributed by atoms with E-state index in [0.29, 0.717) is 24.6 Å². The molecule has 1 saturated heterocycles. The van der Waals surface area contributed by atoms with Crippen molar-refractivity contribution in [3.05, 3.63) is 30.6 Å². The summed E-state index contributed by atoms with van der Waals surface area (Å²) in [6, 6.07) is 0. The van der Waals surface area contributed by atoms with Gasteiger partial charge in [-0.05, 0) is 6.42 Å². The molecule has 24 heavy (non-hydrogen) atoms. The summed E-state index contributed by atoms with van der Waals surface area (Å²) < 4.78 is 3.35. The van der Waals surface area contributed by atoms with Gasteiger partial charge in [-0.25, -0.2) is 19.3 Å². The first-order valence-corrected chi connectivity index (χ1v) is 7.54. The zero-order valence-corrected chi connectivity index (χ0v) is 13.0. The van der Waals surface area contributed by atoms with Crippen LogP contribution in [0.1, 0.15) is 18.0 Å². The van der Waals surface area contributed by atoms with Crippen LogP contribution in [0.3, 0.4) is 0 Å². The standard InChI is InChI=1S/C14H16N8O2/c1-20-6-10(4-16-20)18-12-13-15-8-17-22(13)7-11(19-12)9-2-3-21(5-9)14(23)24/h4,6-9H,2-3,5H2,1H3,(H,18,19)(H,23,24). The molecular weight excluding hydrogens is 312 g/mol. The normalized spacial score (nSPS) is 17.5. The zero-order valence-electron chi connectivity index (χ0n) is 13.0. The van der Waals surface area contributed by atoms with Crippen molar-refractivity contribution < 1.29 is 9.90 Å². The average Bonchev–Trinajstić information content (AvgIpc) is 3.26. The fraction of sp³-hybridized carbons (Fsp3) is 0.357. The van der Waals surface area contributed by atoms with Crippen molar-refractivity contribution in [2.75, 3.05) is 18.4 Å². The van der Waals surface area contributed by atoms with Crippen LogP contribution in [0, 0.1) is 0 Å². The predicted octanol–water partition coefficient (Wildman–Crippen LogP) is 1.07. The number of likely N-dealkylation sites (tertiary alicyclic amines) is 1. The van der Waals surface area contributed by atoms with E-state index in [9.17, 15) is 4.79 Å². The summed E-state index contributed by atoms with van der Waals surface area (Å²) in [7, 11) is 1.83. The number of nitrogens with one attached hydrogen (secondary N) is 1. The molecule has 10 nitrogen and oxygen atoms in total. The number of nitrogens with zero attached hydrogens (tertiary/aromatic N) is 7. The lowest BCUT2D eigenvalue weighted by molar-refractivity contribution is 0.155. The zero-order chi connectivity index (χ0) is 16.7. The molecule has 0 bridgehead atoms. The number of amides is 1. The minimum absolute atomic E-state index is 0.0455. The molecule has 1 aliphatic rings. The molecule has 0 aromatic carbocycles. The molecule has 0 saturated carbocycles. The van der Waals surface area contributed by atoms with Gasteiger partial charge < -0.3 is 15.3 Å². The number of aromatic nitrogens is 6. The molecule has 4 heterocycles. The van der Waals surface area contributed by atoms with Gasteiger partial charge >= 0.3 is 6.09 Å². The highest BCUT2D eigenvalue weighted by Gasteiger charge is 2.29. The summed E-state index contributed by atoms with van der Waals surface area (Å²) in [5.74, 6) is 0.621. The van der Waals surface area contributed by atoms with E-state index in [1.54, 1.807) is 15.4 Å². The lowest BCUT2D eigenvalue weighted by atomic mass is 10.1. The van der Waals surface area contributed by atoms with Gasteiger partial charge in [0.2, 0.25) is 0 Å². The van der Waals surface area contributed by atoms with Crippen LogP contribution < -0.4 is 5.32 Å². The highest BCUT2D eigenvalue weighted by atomic mass is 16.4. The summed E-state index contributed by atoms with van der Waals surface area (Å²) in [6.07, 6.45) is 6.66. The lowest BCUT2D eigenvalue weighted by Gasteiger charge is -2.13. The fourth-order valence-electron chi connectivity index (χ4n) is 2.93. The third kappa shape index (κ3) is 2.51. The van der Waals surface area contributed by atoms with Crippen LogP contribution in [0.4, 0.5) is 16.3 Å². The third-order valence-corrected chi connectivity index (χ3v) is 4.12. The van der Waals surface area contributed by atoms with Gasteiger partial charge in [0.1, 0.15) is 6.33 Å². The van der Waals surface area contributed by atoms with Crippen molar-refractivity contribution in [1.82, 2.24) is 34.3 Å². The molecule has 1 aliphatic heterocycles. The first kappa shape index (κ1) is 14.4. The first-order chi connectivity index (χ1) is 11.6. The van der Waals surface area contributed by atoms with Gasteiger partial charge in [-0.2, -0.15) is 10.2 Å². The maximum Gasteiger partial charge on any atom is 0.407 e. The molecule has 2 N–H and O–H groups in total. The lowest BCUT2D eigenvalue weighted by Crippen LogP contribution is -2.26. The molecular formula is C14H16N8O2. The smallest absolute Gasteiger partial charge is 0.407 e. The van der Waals surface area contributed by atoms with Crippen LogP contribution >= 0.6 is 0 Å². The third-order valence-electron chi connectivity index (χ3n) is 4.12. The highest BCUT2D eigenvalue weighted by molar-refractivity contribution is 5.69. The Morgan fingerprint density at radius 3 is 2.96 bits per heavy atom. The van der Waals surface area contributed by atoms with Gasteiger partial charge in [-0.3, -0.25) is 4.68 Å². The average molecular weight is 328 g/mol. The van der Waals surface area contributed by atoms with Crippen molar-refractivity contribution >= 4 is 23.2 Å². The van der Waals surface area contributed by atoms with Crippen LogP contribution in [-0.2, 0) is 7.05 Å². The van der Waals surface area contributed by atoms with Gasteiger partial charge in [0.15, 0.2) is 11.5 Å². The fourth-order valence-corrected chi connectivity index (χ4v) is 2.93. The quantitative estimate of drug-likeness (QED) is 0.739. The maximum atomic E-state index is 11.1. The highest BCUT2D eigenvalue weighted by Crippen LogP contribution is 2.28. The molecule has 10 heteroatoms. The van der Waals surface area contributed by atoms with E-state index >= 15 is 0 Å². The van der Waals surface area contributed by atoms with Crippen LogP contribution in [-0.4, -0.2) is 58.6 Å². The van der Waals surface area contributed by atoms with Gasteiger partial charge in [0, 0.05) is 32.3 Å². The van der Waals surface area contributed by atoms with Crippen LogP contribution in [0.2, 0.25) is 0 Å². The second-order valence-electron chi connectivity index (χ2n) is 5.78. The molecule has 1 amide bonds. The summed E-state index contributed by atoms with van der Waals surface area (Å²) >= 11 is 0. The van der Waals surface area contributed by atoms with E-state index in [-0.39, 0.29) is 5.92 Å². The van der Waals surface area contributed by atoms with E-state index in [2.05, 4.69) is 25.5 Å². The van der Waals surface area contributed by atoms with E-state index in [1.807, 2.05) is 19.4 Å². The molecule has 4 rings (SSSR count). The van der Waals surface area contributed by atoms with Crippen LogP contribution in [0.15, 0.2) is 24.9 Å². The molecule has 1 atom stereocenters. The van der Waals surface area contributed by atoms with Crippen LogP contribution in [0.5, 0.6) is 0 Å². The molecule has 3 aromatic rings. The Balaban J connectivity index is 1.68. The Kier molecular flexibility index (Phi) is 3.29. The van der Waals surface area contributed by atoms with E-state index in [1.165, 1.54) is 11.2 Å². The molecule has 0 spiro atoms. The van der Waals surface area contributed by atoms with Crippen molar-refractivity contribution in [2.24, 2.45) is 7.05 Å². The van der Waals surface area contributed by atoms with E-state index in [0.717, 1.165) is 17.8 Å². The second-order valence-corrected chi connectivity index (χ2v) is 5.78. The number of hydrogen-bond donors (Lipinski definition) is 2. The summed E-state index contributed by atoms with van der Waals surface area (Å²) in [6.45, 7) is 0.956. The largest absolute Gasteiger partial charge is 0.465 e. The number of carboxylic acid groups (broad SMARTS) is 1. The number of carbonyl (C=O) groups is 1. The number of anilines is 2. The molecule has 124 valence electrons. The second kappa shape index (κ2) is 5.48. The van der Waals surface area contributed by atoms with Gasteiger partial charge in [0.25, 0.3) is 0 Å². The number of aryl methyl sites for hydroxylation is 1. The van der Waals surface area contributed by atoms with Crippen molar-refractivity contribution in [3.63, 3.8) is 0 Å². The van der Waals surface area contributed by atoms with Crippen molar-refractivity contribution in [2.45, 2.75) is 12.3 Å². The monoisotopic (exact) mass is 328 g/mol. The Bertz CT molecular complexity index is 901. The molecule has 1 fully saturated rings. The minimum Gasteiger partial charge on any atom is -0.465 e. The Morgan fingerprint density at radius 1 is 1.38 bits per heavy atom. The SMILES string of the molecule is Cn1cc(Nc2nc(C3CCN(C(=O)O)C3)cn3ncnc23)cn1. The molecule has 0 radical (unpaired) electrons. The molecule has 0 aliphatic carbocycles. The van der Waals surface area contributed by atoms with E-state index in [4.69, 9.17) is 5.11 Å². The Labute approximate surface area is 136 Å². The molecule has 1 unspecified atom stereocenters. The maximum absolute atomic E-state index is 11.1. The topological polar surface area (TPSA) is 113 Å². The van der Waals surface area contributed by atoms with Gasteiger partial charge in [0.05, 0.1) is 23.8 Å². The number of hydrogen-bond acceptors (Lipinski definition) is 6. The summed E-state index contributed by atoms with van der Waals surface area (Å²) in [5, 5.41) is 20.6. The first-order valence-electron chi connectivity index (χ1n) is 7.54. The van der Waals surface area contributed by atoms with E-state index < -0.39 is 6.09 Å². The number of fused-ring (bicyclic) bond motifs is 1. The summed E-state index contributed by atoms with van der Waals surface area (Å²) in [4.78, 5) is 21.4. The minimum atomic E-state index is -0.895. The van der Waals surface area contributed by atoms with Crippen molar-refractivity contribution in [3.8, 4) is 0 Å². The summed E-state index contributed by atoms with van der Waals surface area (Å²) in [5.41, 5.74) is 2.20.